The number of hydrogen-bond donors (Lipinski definition) is 0. The van der Waals surface area contributed by atoms with Crippen LogP contribution in [0.5, 0.6) is 0 Å². The van der Waals surface area contributed by atoms with Gasteiger partial charge in [0.1, 0.15) is 33.5 Å². The van der Waals surface area contributed by atoms with Crippen molar-refractivity contribution < 1.29 is 112 Å². The molecule has 3 nitrogen and oxygen atoms in total. The van der Waals surface area contributed by atoms with Gasteiger partial charge in [-0.2, -0.15) is 0 Å². The number of benzene rings is 22. The number of hydrogen-bond acceptors (Lipinski definition) is 3. The van der Waals surface area contributed by atoms with Crippen molar-refractivity contribution >= 4 is 152 Å². The highest BCUT2D eigenvalue weighted by Crippen LogP contribution is 2.53. The summed E-state index contributed by atoms with van der Waals surface area (Å²) in [6, 6.07) is -64.5. The maximum Gasteiger partial charge on any atom is 0.136 e. The molecule has 0 fully saturated rings. The summed E-state index contributed by atoms with van der Waals surface area (Å²) in [4.78, 5) is 0. The third kappa shape index (κ3) is 11.5. The Morgan fingerprint density at radius 1 is 0.134 bits per heavy atom. The Balaban J connectivity index is 0.000000149. The van der Waals surface area contributed by atoms with Gasteiger partial charge in [-0.05, 0) is 224 Å². The zero-order valence-corrected chi connectivity index (χ0v) is 59.2. The van der Waals surface area contributed by atoms with Crippen LogP contribution in [-0.2, 0) is 0 Å². The lowest BCUT2D eigenvalue weighted by atomic mass is 9.83. The number of furan rings is 3. The molecule has 119 heavy (non-hydrogen) atoms. The first-order valence-corrected chi connectivity index (χ1v) is 35.0. The predicted molar refractivity (Wildman–Crippen MR) is 505 cm³/mol. The predicted octanol–water partition coefficient (Wildman–Crippen LogP) is 33.3. The monoisotopic (exact) mass is 1590 g/mol. The minimum absolute atomic E-state index is 0.421. The van der Waals surface area contributed by atoms with Gasteiger partial charge in [0.05, 0.1) is 98.7 Å². The fourth-order valence-electron chi connectivity index (χ4n) is 14.6. The van der Waals surface area contributed by atoms with Crippen LogP contribution in [0.3, 0.4) is 0 Å². The fourth-order valence-corrected chi connectivity index (χ4v) is 14.6. The van der Waals surface area contributed by atoms with Gasteiger partial charge in [-0.3, -0.25) is 0 Å². The molecular formula is C116H72O3. The smallest absolute Gasteiger partial charge is 0.136 e. The summed E-state index contributed by atoms with van der Waals surface area (Å²) in [5, 5.41) is -13.5. The average Bonchev–Trinajstić information content (AvgIpc) is 1.67. The van der Waals surface area contributed by atoms with E-state index in [4.69, 9.17) is 84.5 Å². The molecule has 3 heteroatoms. The van der Waals surface area contributed by atoms with Gasteiger partial charge in [-0.25, -0.2) is 0 Å². The molecule has 0 bridgehead atoms. The zero-order chi connectivity index (χ0) is 141. The highest BCUT2D eigenvalue weighted by Gasteiger charge is 2.26. The topological polar surface area (TPSA) is 39.4 Å². The molecule has 25 rings (SSSR count). The van der Waals surface area contributed by atoms with E-state index in [1.54, 1.807) is 0 Å². The van der Waals surface area contributed by atoms with Crippen molar-refractivity contribution in [3.63, 3.8) is 0 Å². The van der Waals surface area contributed by atoms with E-state index >= 15 is 0 Å². The second-order valence-electron chi connectivity index (χ2n) is 25.5. The molecule has 0 aliphatic carbocycles. The normalized spacial score (nSPS) is 20.2. The molecule has 0 saturated heterocycles. The minimum Gasteiger partial charge on any atom is -0.456 e. The van der Waals surface area contributed by atoms with Crippen LogP contribution in [0.15, 0.2) is 448 Å². The van der Waals surface area contributed by atoms with Gasteiger partial charge in [0.25, 0.3) is 0 Å². The highest BCUT2D eigenvalue weighted by atomic mass is 16.3. The number of para-hydroxylation sites is 3. The molecule has 25 aromatic rings. The van der Waals surface area contributed by atoms with Gasteiger partial charge in [0, 0.05) is 32.3 Å². The first-order chi connectivity index (χ1) is 89.0. The van der Waals surface area contributed by atoms with Crippen molar-refractivity contribution in [3.05, 3.63) is 435 Å². The molecule has 22 aromatic carbocycles. The van der Waals surface area contributed by atoms with E-state index in [9.17, 15) is 27.4 Å². The van der Waals surface area contributed by atoms with Crippen molar-refractivity contribution in [2.24, 2.45) is 0 Å². The molecule has 0 radical (unpaired) electrons. The molecule has 0 N–H and O–H groups in total. The summed E-state index contributed by atoms with van der Waals surface area (Å²) >= 11 is 0. The molecule has 0 aliphatic heterocycles. The lowest BCUT2D eigenvalue weighted by molar-refractivity contribution is 0.668. The maximum atomic E-state index is 9.92. The Hall–Kier alpha value is -15.7. The Labute approximate surface area is 787 Å². The second kappa shape index (κ2) is 28.7. The SMILES string of the molecule is [2H]c1c([2H])c([2H])c(-c2c([2H])c(-c3c4c([2H])c([2H])c([2H])c([2H])c4c(-c4c([2H])c([2H])c([2H])c5oc6c([2H])c([2H])c([2H])c([2H])c6c45)c4c([2H])c([2H])c([2H])c([2H])c34)c([2H])c3c([2H])c([2H])c([2H])c([2H])c23)c([2H])c1[2H].[2H]c1c([2H])c([2H])c(-c2c([2H])c([2H])c(-c3c4c([2H])c([2H])c([2H])c([2H])c4c(-c4c([2H])c([2H])c([2H])c5oc6c([2H])c([2H])c([2H])c([2H])c6c45)c4c([2H])c([2H])c([2H])c([2H])c34)c([2H])c2[2H])c([2H])c1[2H].[2H]c1c([2H])c([2H])c2c(oc3c([2H])c([2H])c([2H])c(-c4c5c([2H])c([2H])c([2H])c([2H])c5c(-c5c([2H])c([2H])c([2H])c6c([2H])c([2H])c([2H])c([2H])c56)c5c([2H])c([2H])c([2H])c([2H])c45)c32)c1[2H]. The first kappa shape index (κ1) is 27.8. The molecule has 0 aliphatic rings. The van der Waals surface area contributed by atoms with E-state index in [-0.39, 0.29) is 0 Å². The summed E-state index contributed by atoms with van der Waals surface area (Å²) in [5.74, 6) is 0. The third-order valence-corrected chi connectivity index (χ3v) is 19.3. The zero-order valence-electron chi connectivity index (χ0n) is 131. The van der Waals surface area contributed by atoms with Crippen LogP contribution in [0.2, 0.25) is 0 Å². The molecule has 3 heterocycles. The van der Waals surface area contributed by atoms with Gasteiger partial charge in [0.2, 0.25) is 0 Å². The molecule has 0 unspecified atom stereocenters. The van der Waals surface area contributed by atoms with Crippen LogP contribution >= 0.6 is 0 Å². The summed E-state index contributed by atoms with van der Waals surface area (Å²) < 4.78 is 656. The summed E-state index contributed by atoms with van der Waals surface area (Å²) in [6.07, 6.45) is 0. The van der Waals surface area contributed by atoms with Gasteiger partial charge in [0.15, 0.2) is 0 Å². The van der Waals surface area contributed by atoms with E-state index in [1.807, 2.05) is 0 Å². The minimum atomic E-state index is -1.06. The van der Waals surface area contributed by atoms with Crippen LogP contribution in [0.4, 0.5) is 0 Å². The van der Waals surface area contributed by atoms with Gasteiger partial charge in [-0.1, -0.05) is 387 Å². The average molecular weight is 1590 g/mol. The van der Waals surface area contributed by atoms with E-state index in [0.717, 1.165) is 0 Å². The largest absolute Gasteiger partial charge is 0.456 e. The van der Waals surface area contributed by atoms with Gasteiger partial charge >= 0.3 is 0 Å². The van der Waals surface area contributed by atoms with Crippen LogP contribution < -0.4 is 0 Å². The first-order valence-electron chi connectivity index (χ1n) is 71.0. The standard InChI is InChI=1S/C42H26O.C38H24O.C36H22O/c1-2-13-27(14-3-1)37-26-29(25-28-15-4-5-16-30(28)37)40-31-17-6-8-19-33(31)41(34-20-9-7-18-32(34)40)36-22-12-24-39-42(36)35-21-10-11-23-38(35)43-39;1-2-11-25(12-3-1)26-21-23-27(24-22-26)36-28-13-4-6-15-30(28)37(31-16-7-5-14-29(31)36)33-18-10-20-35-38(33)32-17-8-9-19-34(32)39-35;1-2-13-24-23(11-1)12-9-19-25(24)34-26-14-3-5-16-28(26)35(29-17-6-4-15-27(29)34)31-20-10-22-33-36(31)30-18-7-8-21-32(30)37-33/h1-26H;1-24H;1-22H/i1D,2D,3D,4D,5D,6D,7D,8D,9D,10D,11D,12D,13D,14D,15D,16D,17D,18D,19D,20D,21D,22D,23D,24D,25D,26D;1D,2D,3D,4D,5D,6D,7D,8D,9D,10D,11D,12D,13D,14D,15D,16D,17D,18D,19D,20D,21D,22D,23D,24D;1D,2D,3D,4D,5D,6D,7D,8D,9D,10D,11D,12D,13D,14D,15D,16D,17D,18D,19D,20D,21D,22D. The molecule has 0 amide bonds. The van der Waals surface area contributed by atoms with Crippen LogP contribution in [0.1, 0.15) is 98.7 Å². The van der Waals surface area contributed by atoms with Crippen molar-refractivity contribution in [3.8, 4) is 89.0 Å². The van der Waals surface area contributed by atoms with Crippen LogP contribution in [0, 0.1) is 0 Å². The van der Waals surface area contributed by atoms with Crippen molar-refractivity contribution in [2.45, 2.75) is 0 Å². The summed E-state index contributed by atoms with van der Waals surface area (Å²) in [5.41, 5.74) is -14.6. The Bertz CT molecular complexity index is 12700. The molecule has 3 aromatic heterocycles. The molecule has 0 atom stereocenters. The van der Waals surface area contributed by atoms with E-state index in [2.05, 4.69) is 0 Å². The van der Waals surface area contributed by atoms with E-state index in [1.165, 1.54) is 0 Å². The lowest BCUT2D eigenvalue weighted by Gasteiger charge is -2.19. The van der Waals surface area contributed by atoms with Gasteiger partial charge in [-0.15, -0.1) is 0 Å². The molecule has 0 spiro atoms. The van der Waals surface area contributed by atoms with Crippen LogP contribution in [0.25, 0.3) is 241 Å². The molecule has 0 saturated carbocycles. The fraction of sp³-hybridized carbons (Fsp3) is 0. The highest BCUT2D eigenvalue weighted by molar-refractivity contribution is 6.30. The van der Waals surface area contributed by atoms with E-state index < -0.39 is 676 Å². The maximum absolute atomic E-state index is 9.92. The Kier molecular flexibility index (Phi) is 6.70. The van der Waals surface area contributed by atoms with Crippen LogP contribution in [-0.4, -0.2) is 0 Å². The van der Waals surface area contributed by atoms with Gasteiger partial charge < -0.3 is 13.3 Å². The van der Waals surface area contributed by atoms with E-state index in [0.29, 0.717) is 0 Å². The number of rotatable bonds is 8. The molecular weight excluding hydrogens is 1440 g/mol. The summed E-state index contributed by atoms with van der Waals surface area (Å²) in [7, 11) is 0. The third-order valence-electron chi connectivity index (χ3n) is 19.3. The van der Waals surface area contributed by atoms with Crippen molar-refractivity contribution in [1.29, 1.82) is 0 Å². The lowest BCUT2D eigenvalue weighted by Crippen LogP contribution is -1.92. The molecule has 554 valence electrons. The van der Waals surface area contributed by atoms with Crippen molar-refractivity contribution in [2.75, 3.05) is 0 Å². The Morgan fingerprint density at radius 3 is 0.765 bits per heavy atom. The Morgan fingerprint density at radius 2 is 0.378 bits per heavy atom. The summed E-state index contributed by atoms with van der Waals surface area (Å²) in [6.45, 7) is 0. The number of fused-ring (bicyclic) bond motifs is 17. The second-order valence-corrected chi connectivity index (χ2v) is 25.5. The van der Waals surface area contributed by atoms with Crippen molar-refractivity contribution in [1.82, 2.24) is 0 Å². The quantitative estimate of drug-likeness (QED) is 0.142.